The van der Waals surface area contributed by atoms with Gasteiger partial charge < -0.3 is 19.9 Å². The number of fused-ring (bicyclic) bond motifs is 1. The zero-order valence-corrected chi connectivity index (χ0v) is 16.8. The van der Waals surface area contributed by atoms with Gasteiger partial charge in [0, 0.05) is 31.9 Å². The Morgan fingerprint density at radius 2 is 1.66 bits per heavy atom. The largest absolute Gasteiger partial charge is 0.494 e. The molecule has 1 aromatic heterocycles. The molecule has 0 radical (unpaired) electrons. The standard InChI is InChI=1S/C22H25N5O2/c1-3-29-17-10-8-16(9-11-17)23-22(28)20-21(27-14-12-26(2)13-15-27)25-19-7-5-4-6-18(19)24-20/h4-11H,3,12-15H2,1-2H3,(H,23,28). The monoisotopic (exact) mass is 391 g/mol. The molecule has 4 rings (SSSR count). The fraction of sp³-hybridized carbons (Fsp3) is 0.318. The van der Waals surface area contributed by atoms with Crippen molar-refractivity contribution in [3.05, 3.63) is 54.2 Å². The van der Waals surface area contributed by atoms with Crippen LogP contribution in [0, 0.1) is 0 Å². The van der Waals surface area contributed by atoms with Gasteiger partial charge in [0.15, 0.2) is 11.5 Å². The Bertz CT molecular complexity index is 998. The van der Waals surface area contributed by atoms with Gasteiger partial charge in [0.25, 0.3) is 5.91 Å². The summed E-state index contributed by atoms with van der Waals surface area (Å²) in [6.07, 6.45) is 0. The summed E-state index contributed by atoms with van der Waals surface area (Å²) in [6.45, 7) is 6.02. The van der Waals surface area contributed by atoms with Gasteiger partial charge in [-0.1, -0.05) is 12.1 Å². The fourth-order valence-corrected chi connectivity index (χ4v) is 3.37. The minimum absolute atomic E-state index is 0.263. The molecule has 1 fully saturated rings. The molecule has 1 amide bonds. The van der Waals surface area contributed by atoms with E-state index in [1.165, 1.54) is 0 Å². The van der Waals surface area contributed by atoms with Gasteiger partial charge in [0.1, 0.15) is 5.75 Å². The van der Waals surface area contributed by atoms with Crippen LogP contribution in [0.3, 0.4) is 0 Å². The molecule has 0 aliphatic carbocycles. The van der Waals surface area contributed by atoms with Crippen LogP contribution in [0.5, 0.6) is 5.75 Å². The first kappa shape index (κ1) is 19.1. The average Bonchev–Trinajstić information content (AvgIpc) is 2.75. The van der Waals surface area contributed by atoms with Crippen molar-refractivity contribution in [3.63, 3.8) is 0 Å². The second kappa shape index (κ2) is 8.45. The molecule has 7 heteroatoms. The van der Waals surface area contributed by atoms with Crippen LogP contribution in [0.15, 0.2) is 48.5 Å². The van der Waals surface area contributed by atoms with Crippen LogP contribution in [0.25, 0.3) is 11.0 Å². The van der Waals surface area contributed by atoms with Crippen LogP contribution in [-0.2, 0) is 0 Å². The highest BCUT2D eigenvalue weighted by Crippen LogP contribution is 2.23. The number of piperazine rings is 1. The van der Waals surface area contributed by atoms with Crippen molar-refractivity contribution in [2.75, 3.05) is 50.1 Å². The summed E-state index contributed by atoms with van der Waals surface area (Å²) in [4.78, 5) is 27.0. The smallest absolute Gasteiger partial charge is 0.278 e. The van der Waals surface area contributed by atoms with Gasteiger partial charge in [-0.15, -0.1) is 0 Å². The van der Waals surface area contributed by atoms with E-state index in [4.69, 9.17) is 9.72 Å². The summed E-state index contributed by atoms with van der Waals surface area (Å²) >= 11 is 0. The summed E-state index contributed by atoms with van der Waals surface area (Å²) in [5.41, 5.74) is 2.54. The molecule has 150 valence electrons. The zero-order chi connectivity index (χ0) is 20.2. The highest BCUT2D eigenvalue weighted by molar-refractivity contribution is 6.07. The normalized spacial score (nSPS) is 14.8. The summed E-state index contributed by atoms with van der Waals surface area (Å²) in [5, 5.41) is 2.95. The van der Waals surface area contributed by atoms with Gasteiger partial charge in [0.2, 0.25) is 0 Å². The van der Waals surface area contributed by atoms with Gasteiger partial charge in [-0.2, -0.15) is 0 Å². The van der Waals surface area contributed by atoms with Gasteiger partial charge >= 0.3 is 0 Å². The molecule has 1 N–H and O–H groups in total. The van der Waals surface area contributed by atoms with Crippen LogP contribution in [0.2, 0.25) is 0 Å². The number of hydrogen-bond acceptors (Lipinski definition) is 6. The number of nitrogens with one attached hydrogen (secondary N) is 1. The molecule has 0 unspecified atom stereocenters. The number of carbonyl (C=O) groups excluding carboxylic acids is 1. The van der Waals surface area contributed by atoms with E-state index in [2.05, 4.69) is 27.1 Å². The predicted octanol–water partition coefficient (Wildman–Crippen LogP) is 3.03. The Kier molecular flexibility index (Phi) is 5.57. The highest BCUT2D eigenvalue weighted by atomic mass is 16.5. The number of benzene rings is 2. The lowest BCUT2D eigenvalue weighted by Crippen LogP contribution is -2.45. The summed E-state index contributed by atoms with van der Waals surface area (Å²) < 4.78 is 5.46. The van der Waals surface area contributed by atoms with E-state index in [1.54, 1.807) is 0 Å². The van der Waals surface area contributed by atoms with E-state index in [0.717, 1.165) is 37.4 Å². The molecule has 0 atom stereocenters. The second-order valence-corrected chi connectivity index (χ2v) is 7.09. The van der Waals surface area contributed by atoms with Crippen LogP contribution in [0.1, 0.15) is 17.4 Å². The zero-order valence-electron chi connectivity index (χ0n) is 16.8. The molecule has 3 aromatic rings. The van der Waals surface area contributed by atoms with Crippen molar-refractivity contribution in [2.45, 2.75) is 6.92 Å². The van der Waals surface area contributed by atoms with E-state index in [-0.39, 0.29) is 5.91 Å². The lowest BCUT2D eigenvalue weighted by atomic mass is 10.2. The number of hydrogen-bond donors (Lipinski definition) is 1. The minimum atomic E-state index is -0.263. The summed E-state index contributed by atoms with van der Waals surface area (Å²) in [5.74, 6) is 1.15. The molecule has 1 aliphatic rings. The average molecular weight is 391 g/mol. The third kappa shape index (κ3) is 4.30. The number of nitrogens with zero attached hydrogens (tertiary/aromatic N) is 4. The number of anilines is 2. The van der Waals surface area contributed by atoms with Crippen molar-refractivity contribution in [1.82, 2.24) is 14.9 Å². The summed E-state index contributed by atoms with van der Waals surface area (Å²) in [7, 11) is 2.10. The van der Waals surface area contributed by atoms with E-state index in [1.807, 2.05) is 55.5 Å². The highest BCUT2D eigenvalue weighted by Gasteiger charge is 2.24. The molecule has 0 bridgehead atoms. The van der Waals surface area contributed by atoms with E-state index in [0.29, 0.717) is 29.3 Å². The Labute approximate surface area is 170 Å². The third-order valence-corrected chi connectivity index (χ3v) is 4.99. The number of carbonyl (C=O) groups is 1. The van der Waals surface area contributed by atoms with E-state index in [9.17, 15) is 4.79 Å². The number of likely N-dealkylation sites (N-methyl/N-ethyl adjacent to an activating group) is 1. The van der Waals surface area contributed by atoms with Crippen LogP contribution in [0.4, 0.5) is 11.5 Å². The maximum Gasteiger partial charge on any atom is 0.278 e. The van der Waals surface area contributed by atoms with Crippen LogP contribution < -0.4 is 15.0 Å². The predicted molar refractivity (Wildman–Crippen MR) is 115 cm³/mol. The van der Waals surface area contributed by atoms with Crippen molar-refractivity contribution in [1.29, 1.82) is 0 Å². The Hall–Kier alpha value is -3.19. The van der Waals surface area contributed by atoms with Crippen LogP contribution >= 0.6 is 0 Å². The van der Waals surface area contributed by atoms with Crippen molar-refractivity contribution in [3.8, 4) is 5.75 Å². The molecule has 2 aromatic carbocycles. The maximum atomic E-state index is 13.1. The molecule has 7 nitrogen and oxygen atoms in total. The Balaban J connectivity index is 1.65. The molecular weight excluding hydrogens is 366 g/mol. The Morgan fingerprint density at radius 1 is 1.00 bits per heavy atom. The first-order valence-corrected chi connectivity index (χ1v) is 9.88. The first-order valence-electron chi connectivity index (χ1n) is 9.88. The number of amides is 1. The second-order valence-electron chi connectivity index (χ2n) is 7.09. The molecule has 0 saturated carbocycles. The quantitative estimate of drug-likeness (QED) is 0.721. The molecule has 29 heavy (non-hydrogen) atoms. The summed E-state index contributed by atoms with van der Waals surface area (Å²) in [6, 6.07) is 15.0. The van der Waals surface area contributed by atoms with Gasteiger partial charge in [-0.3, -0.25) is 4.79 Å². The van der Waals surface area contributed by atoms with Crippen molar-refractivity contribution in [2.24, 2.45) is 0 Å². The van der Waals surface area contributed by atoms with Gasteiger partial charge in [-0.05, 0) is 50.4 Å². The number of ether oxygens (including phenoxy) is 1. The lowest BCUT2D eigenvalue weighted by Gasteiger charge is -2.33. The van der Waals surface area contributed by atoms with Crippen molar-refractivity contribution < 1.29 is 9.53 Å². The molecular formula is C22H25N5O2. The number of rotatable bonds is 5. The van der Waals surface area contributed by atoms with Crippen molar-refractivity contribution >= 4 is 28.4 Å². The first-order chi connectivity index (χ1) is 14.1. The lowest BCUT2D eigenvalue weighted by molar-refractivity contribution is 0.102. The SMILES string of the molecule is CCOc1ccc(NC(=O)c2nc3ccccc3nc2N2CCN(C)CC2)cc1. The molecule has 1 aliphatic heterocycles. The number of para-hydroxylation sites is 2. The van der Waals surface area contributed by atoms with E-state index < -0.39 is 0 Å². The van der Waals surface area contributed by atoms with E-state index >= 15 is 0 Å². The van der Waals surface area contributed by atoms with Gasteiger partial charge in [-0.25, -0.2) is 9.97 Å². The number of aromatic nitrogens is 2. The Morgan fingerprint density at radius 3 is 2.31 bits per heavy atom. The van der Waals surface area contributed by atoms with Gasteiger partial charge in [0.05, 0.1) is 17.6 Å². The minimum Gasteiger partial charge on any atom is -0.494 e. The maximum absolute atomic E-state index is 13.1. The van der Waals surface area contributed by atoms with Crippen LogP contribution in [-0.4, -0.2) is 60.6 Å². The molecule has 2 heterocycles. The molecule has 0 spiro atoms. The third-order valence-electron chi connectivity index (χ3n) is 4.99. The topological polar surface area (TPSA) is 70.6 Å². The molecule has 1 saturated heterocycles. The fourth-order valence-electron chi connectivity index (χ4n) is 3.37.